The van der Waals surface area contributed by atoms with Crippen molar-refractivity contribution in [2.75, 3.05) is 0 Å². The molecular formula is C22H21N3O5. The minimum atomic E-state index is -0.786. The van der Waals surface area contributed by atoms with Gasteiger partial charge in [0.2, 0.25) is 11.8 Å². The van der Waals surface area contributed by atoms with Gasteiger partial charge in [0.25, 0.3) is 5.56 Å². The molecule has 8 heteroatoms. The number of nitrogens with zero attached hydrogens (tertiary/aromatic N) is 2. The van der Waals surface area contributed by atoms with Crippen molar-refractivity contribution in [1.29, 1.82) is 0 Å². The van der Waals surface area contributed by atoms with Crippen LogP contribution in [-0.2, 0) is 22.8 Å². The third-order valence-corrected chi connectivity index (χ3v) is 5.19. The molecule has 0 radical (unpaired) electrons. The Balaban J connectivity index is 1.71. The van der Waals surface area contributed by atoms with Crippen LogP contribution < -0.4 is 15.6 Å². The van der Waals surface area contributed by atoms with Crippen LogP contribution in [0.4, 0.5) is 0 Å². The van der Waals surface area contributed by atoms with Crippen LogP contribution in [0, 0.1) is 6.92 Å². The second kappa shape index (κ2) is 8.08. The average Bonchev–Trinajstić information content (AvgIpc) is 2.73. The summed E-state index contributed by atoms with van der Waals surface area (Å²) in [7, 11) is 0. The number of aromatic nitrogens is 2. The molecule has 1 aliphatic heterocycles. The summed E-state index contributed by atoms with van der Waals surface area (Å²) in [5.41, 5.74) is 1.79. The Labute approximate surface area is 172 Å². The van der Waals surface area contributed by atoms with Crippen LogP contribution in [0.1, 0.15) is 35.8 Å². The lowest BCUT2D eigenvalue weighted by atomic mass is 10.1. The van der Waals surface area contributed by atoms with E-state index in [0.29, 0.717) is 22.5 Å². The van der Waals surface area contributed by atoms with E-state index < -0.39 is 11.9 Å². The number of hydrogen-bond donors (Lipinski definition) is 2. The van der Waals surface area contributed by atoms with Crippen LogP contribution in [0.25, 0.3) is 10.9 Å². The number of imide groups is 1. The predicted octanol–water partition coefficient (Wildman–Crippen LogP) is 1.75. The third kappa shape index (κ3) is 3.69. The largest absolute Gasteiger partial charge is 0.488 e. The lowest BCUT2D eigenvalue weighted by Gasteiger charge is -2.24. The number of benzene rings is 2. The topological polar surface area (TPSA) is 111 Å². The number of aryl methyl sites for hydroxylation is 1. The van der Waals surface area contributed by atoms with Crippen molar-refractivity contribution in [3.63, 3.8) is 0 Å². The molecule has 30 heavy (non-hydrogen) atoms. The maximum atomic E-state index is 13.3. The zero-order valence-corrected chi connectivity index (χ0v) is 16.4. The Morgan fingerprint density at radius 3 is 2.57 bits per heavy atom. The Kier molecular flexibility index (Phi) is 5.33. The first-order chi connectivity index (χ1) is 14.5. The zero-order chi connectivity index (χ0) is 21.3. The van der Waals surface area contributed by atoms with E-state index >= 15 is 0 Å². The van der Waals surface area contributed by atoms with Crippen molar-refractivity contribution >= 4 is 22.7 Å². The Bertz CT molecular complexity index is 1180. The van der Waals surface area contributed by atoms with Gasteiger partial charge >= 0.3 is 0 Å². The van der Waals surface area contributed by atoms with Gasteiger partial charge in [0, 0.05) is 6.42 Å². The van der Waals surface area contributed by atoms with Gasteiger partial charge in [-0.2, -0.15) is 0 Å². The van der Waals surface area contributed by atoms with Crippen LogP contribution in [0.2, 0.25) is 0 Å². The van der Waals surface area contributed by atoms with E-state index in [0.717, 1.165) is 11.1 Å². The summed E-state index contributed by atoms with van der Waals surface area (Å²) in [5.74, 6) is -0.0667. The fraction of sp³-hybridized carbons (Fsp3) is 0.273. The van der Waals surface area contributed by atoms with Crippen molar-refractivity contribution in [3.05, 3.63) is 69.8 Å². The lowest BCUT2D eigenvalue weighted by molar-refractivity contribution is -0.135. The summed E-state index contributed by atoms with van der Waals surface area (Å²) in [6.07, 6.45) is 0.418. The second-order valence-electron chi connectivity index (χ2n) is 7.21. The first-order valence-corrected chi connectivity index (χ1v) is 9.65. The molecule has 154 valence electrons. The number of amides is 2. The highest BCUT2D eigenvalue weighted by Crippen LogP contribution is 2.25. The monoisotopic (exact) mass is 407 g/mol. The highest BCUT2D eigenvalue weighted by Gasteiger charge is 2.30. The van der Waals surface area contributed by atoms with Gasteiger partial charge in [0.05, 0.1) is 12.1 Å². The molecule has 2 heterocycles. The number of carbonyl (C=O) groups is 2. The van der Waals surface area contributed by atoms with E-state index in [-0.39, 0.29) is 37.5 Å². The number of carbonyl (C=O) groups excluding carboxylic acids is 2. The van der Waals surface area contributed by atoms with Crippen molar-refractivity contribution in [1.82, 2.24) is 14.9 Å². The highest BCUT2D eigenvalue weighted by molar-refractivity contribution is 5.99. The molecule has 4 rings (SSSR count). The fourth-order valence-corrected chi connectivity index (χ4v) is 3.64. The molecular weight excluding hydrogens is 386 g/mol. The first kappa shape index (κ1) is 19.8. The Morgan fingerprint density at radius 1 is 1.13 bits per heavy atom. The molecule has 2 aromatic carbocycles. The molecule has 0 spiro atoms. The molecule has 3 aromatic rings. The molecule has 0 saturated carbocycles. The standard InChI is InChI=1S/C22H21N3O5/c1-13-23-16-3-2-4-18(30-12-15-7-5-14(11-26)6-8-15)20(16)22(29)25(13)17-9-10-19(27)24-21(17)28/h2-8,17,26H,9-12H2,1H3,(H,24,27,28). The number of rotatable bonds is 5. The quantitative estimate of drug-likeness (QED) is 0.624. The molecule has 2 N–H and O–H groups in total. The van der Waals surface area contributed by atoms with E-state index in [4.69, 9.17) is 9.84 Å². The molecule has 8 nitrogen and oxygen atoms in total. The molecule has 1 fully saturated rings. The van der Waals surface area contributed by atoms with E-state index in [1.165, 1.54) is 4.57 Å². The SMILES string of the molecule is Cc1nc2cccc(OCc3ccc(CO)cc3)c2c(=O)n1C1CCC(=O)NC1=O. The smallest absolute Gasteiger partial charge is 0.265 e. The van der Waals surface area contributed by atoms with Crippen molar-refractivity contribution in [2.24, 2.45) is 0 Å². The molecule has 1 unspecified atom stereocenters. The Hall–Kier alpha value is -3.52. The summed E-state index contributed by atoms with van der Waals surface area (Å²) in [4.78, 5) is 41.6. The summed E-state index contributed by atoms with van der Waals surface area (Å²) < 4.78 is 7.26. The van der Waals surface area contributed by atoms with Gasteiger partial charge in [-0.15, -0.1) is 0 Å². The Morgan fingerprint density at radius 2 is 1.87 bits per heavy atom. The van der Waals surface area contributed by atoms with Crippen molar-refractivity contribution < 1.29 is 19.4 Å². The van der Waals surface area contributed by atoms with Crippen LogP contribution >= 0.6 is 0 Å². The summed E-state index contributed by atoms with van der Waals surface area (Å²) in [6, 6.07) is 11.7. The van der Waals surface area contributed by atoms with Gasteiger partial charge in [-0.05, 0) is 36.6 Å². The number of nitrogens with one attached hydrogen (secondary N) is 1. The molecule has 2 amide bonds. The number of hydrogen-bond acceptors (Lipinski definition) is 6. The first-order valence-electron chi connectivity index (χ1n) is 9.65. The summed E-state index contributed by atoms with van der Waals surface area (Å²) in [6.45, 7) is 1.87. The number of aliphatic hydroxyl groups excluding tert-OH is 1. The minimum absolute atomic E-state index is 0.0324. The summed E-state index contributed by atoms with van der Waals surface area (Å²) in [5, 5.41) is 11.7. The van der Waals surface area contributed by atoms with Crippen molar-refractivity contribution in [2.45, 2.75) is 39.0 Å². The molecule has 0 aliphatic carbocycles. The van der Waals surface area contributed by atoms with Gasteiger partial charge in [-0.3, -0.25) is 24.3 Å². The van der Waals surface area contributed by atoms with Gasteiger partial charge in [-0.25, -0.2) is 4.98 Å². The second-order valence-corrected chi connectivity index (χ2v) is 7.21. The normalized spacial score (nSPS) is 16.5. The van der Waals surface area contributed by atoms with Gasteiger partial charge in [0.15, 0.2) is 0 Å². The number of fused-ring (bicyclic) bond motifs is 1. The fourth-order valence-electron chi connectivity index (χ4n) is 3.64. The van der Waals surface area contributed by atoms with Crippen molar-refractivity contribution in [3.8, 4) is 5.75 Å². The minimum Gasteiger partial charge on any atom is -0.488 e. The van der Waals surface area contributed by atoms with Gasteiger partial charge < -0.3 is 9.84 Å². The van der Waals surface area contributed by atoms with Crippen LogP contribution in [-0.4, -0.2) is 26.5 Å². The molecule has 1 atom stereocenters. The molecule has 1 saturated heterocycles. The predicted molar refractivity (Wildman–Crippen MR) is 109 cm³/mol. The maximum Gasteiger partial charge on any atom is 0.265 e. The van der Waals surface area contributed by atoms with Gasteiger partial charge in [0.1, 0.15) is 29.6 Å². The van der Waals surface area contributed by atoms with Crippen LogP contribution in [0.3, 0.4) is 0 Å². The van der Waals surface area contributed by atoms with E-state index in [9.17, 15) is 14.4 Å². The van der Waals surface area contributed by atoms with Crippen LogP contribution in [0.5, 0.6) is 5.75 Å². The lowest BCUT2D eigenvalue weighted by Crippen LogP contribution is -2.45. The number of ether oxygens (including phenoxy) is 1. The van der Waals surface area contributed by atoms with E-state index in [1.54, 1.807) is 25.1 Å². The highest BCUT2D eigenvalue weighted by atomic mass is 16.5. The molecule has 1 aromatic heterocycles. The summed E-state index contributed by atoms with van der Waals surface area (Å²) >= 11 is 0. The van der Waals surface area contributed by atoms with Gasteiger partial charge in [-0.1, -0.05) is 30.3 Å². The maximum absolute atomic E-state index is 13.3. The van der Waals surface area contributed by atoms with Crippen LogP contribution in [0.15, 0.2) is 47.3 Å². The molecule has 0 bridgehead atoms. The van der Waals surface area contributed by atoms with E-state index in [1.807, 2.05) is 24.3 Å². The third-order valence-electron chi connectivity index (χ3n) is 5.19. The zero-order valence-electron chi connectivity index (χ0n) is 16.4. The molecule has 1 aliphatic rings. The number of piperidine rings is 1. The number of aliphatic hydroxyl groups is 1. The van der Waals surface area contributed by atoms with E-state index in [2.05, 4.69) is 10.3 Å². The average molecular weight is 407 g/mol.